The van der Waals surface area contributed by atoms with Crippen molar-refractivity contribution in [1.82, 2.24) is 0 Å². The van der Waals surface area contributed by atoms with Gasteiger partial charge >= 0.3 is 5.97 Å². The summed E-state index contributed by atoms with van der Waals surface area (Å²) in [6, 6.07) is 17.0. The number of hydrogen-bond acceptors (Lipinski definition) is 4. The van der Waals surface area contributed by atoms with Crippen molar-refractivity contribution in [2.75, 3.05) is 13.2 Å². The Kier molecular flexibility index (Phi) is 6.88. The van der Waals surface area contributed by atoms with Gasteiger partial charge in [-0.15, -0.1) is 11.3 Å². The molecule has 3 rings (SSSR count). The summed E-state index contributed by atoms with van der Waals surface area (Å²) in [6.45, 7) is 8.54. The van der Waals surface area contributed by atoms with Gasteiger partial charge in [-0.25, -0.2) is 4.79 Å². The van der Waals surface area contributed by atoms with Gasteiger partial charge in [-0.05, 0) is 53.6 Å². The Morgan fingerprint density at radius 2 is 1.96 bits per heavy atom. The van der Waals surface area contributed by atoms with Crippen LogP contribution in [0.25, 0.3) is 20.5 Å². The highest BCUT2D eigenvalue weighted by Gasteiger charge is 2.12. The van der Waals surface area contributed by atoms with Crippen LogP contribution in [0.2, 0.25) is 0 Å². The summed E-state index contributed by atoms with van der Waals surface area (Å²) in [5.74, 6) is 0.617. The van der Waals surface area contributed by atoms with Crippen molar-refractivity contribution in [1.29, 1.82) is 0 Å². The van der Waals surface area contributed by atoms with E-state index in [-0.39, 0.29) is 5.92 Å². The molecule has 1 heterocycles. The number of ether oxygens (including phenoxy) is 2. The van der Waals surface area contributed by atoms with E-state index < -0.39 is 5.97 Å². The molecule has 0 aliphatic heterocycles. The first-order valence-corrected chi connectivity index (χ1v) is 10.5. The number of esters is 1. The molecule has 4 heteroatoms. The van der Waals surface area contributed by atoms with Crippen molar-refractivity contribution in [2.24, 2.45) is 5.92 Å². The molecule has 0 spiro atoms. The van der Waals surface area contributed by atoms with Crippen LogP contribution in [0.3, 0.4) is 0 Å². The van der Waals surface area contributed by atoms with Gasteiger partial charge in [-0.3, -0.25) is 0 Å². The summed E-state index contributed by atoms with van der Waals surface area (Å²) in [4.78, 5) is 12.5. The summed E-state index contributed by atoms with van der Waals surface area (Å²) >= 11 is 1.79. The second-order valence-electron chi connectivity index (χ2n) is 6.74. The third-order valence-corrected chi connectivity index (χ3v) is 5.98. The molecule has 3 nitrogen and oxygen atoms in total. The molecule has 0 fully saturated rings. The maximum Gasteiger partial charge on any atom is 0.330 e. The summed E-state index contributed by atoms with van der Waals surface area (Å²) < 4.78 is 12.3. The number of hydrogen-bond donors (Lipinski definition) is 0. The predicted octanol–water partition coefficient (Wildman–Crippen LogP) is 6.26. The molecule has 0 aliphatic rings. The average Bonchev–Trinajstić information content (AvgIpc) is 3.16. The third kappa shape index (κ3) is 4.82. The summed E-state index contributed by atoms with van der Waals surface area (Å²) in [5, 5.41) is 1.23. The lowest BCUT2D eigenvalue weighted by molar-refractivity contribution is -0.139. The minimum atomic E-state index is -0.390. The molecule has 1 atom stereocenters. The molecule has 146 valence electrons. The van der Waals surface area contributed by atoms with Gasteiger partial charge in [0.25, 0.3) is 0 Å². The van der Waals surface area contributed by atoms with Crippen molar-refractivity contribution >= 4 is 27.4 Å². The van der Waals surface area contributed by atoms with Gasteiger partial charge in [0.1, 0.15) is 5.75 Å². The van der Waals surface area contributed by atoms with Crippen molar-refractivity contribution in [3.8, 4) is 16.2 Å². The lowest BCUT2D eigenvalue weighted by atomic mass is 10.0. The van der Waals surface area contributed by atoms with E-state index in [4.69, 9.17) is 9.47 Å². The van der Waals surface area contributed by atoms with Crippen LogP contribution >= 0.6 is 11.3 Å². The molecule has 2 aromatic carbocycles. The van der Waals surface area contributed by atoms with E-state index >= 15 is 0 Å². The Bertz CT molecular complexity index is 957. The molecule has 0 bridgehead atoms. The fraction of sp³-hybridized carbons (Fsp3) is 0.292. The zero-order chi connectivity index (χ0) is 19.9. The number of carbonyl (C=O) groups is 1. The van der Waals surface area contributed by atoms with Crippen molar-refractivity contribution in [2.45, 2.75) is 26.7 Å². The van der Waals surface area contributed by atoms with E-state index in [0.717, 1.165) is 18.6 Å². The number of fused-ring (bicyclic) bond motifs is 1. The number of thiophene rings is 1. The minimum Gasteiger partial charge on any atom is -0.493 e. The molecule has 1 aromatic heterocycles. The fourth-order valence-electron chi connectivity index (χ4n) is 3.06. The average molecular weight is 395 g/mol. The smallest absolute Gasteiger partial charge is 0.330 e. The topological polar surface area (TPSA) is 35.5 Å². The Morgan fingerprint density at radius 3 is 2.71 bits per heavy atom. The Balaban J connectivity index is 1.72. The normalized spacial score (nSPS) is 11.9. The molecule has 3 aromatic rings. The molecule has 0 radical (unpaired) electrons. The van der Waals surface area contributed by atoms with Crippen molar-refractivity contribution < 1.29 is 14.3 Å². The maximum absolute atomic E-state index is 11.2. The fourth-order valence-corrected chi connectivity index (χ4v) is 4.21. The number of carbonyl (C=O) groups excluding carboxylic acids is 1. The highest BCUT2D eigenvalue weighted by Crippen LogP contribution is 2.37. The van der Waals surface area contributed by atoms with Crippen LogP contribution in [0.15, 0.2) is 61.2 Å². The van der Waals surface area contributed by atoms with Gasteiger partial charge in [-0.1, -0.05) is 44.7 Å². The molecule has 1 unspecified atom stereocenters. The minimum absolute atomic E-state index is 0.162. The summed E-state index contributed by atoms with van der Waals surface area (Å²) in [6.07, 6.45) is 3.09. The van der Waals surface area contributed by atoms with Gasteiger partial charge in [0, 0.05) is 21.6 Å². The zero-order valence-electron chi connectivity index (χ0n) is 16.4. The van der Waals surface area contributed by atoms with Crippen LogP contribution in [-0.2, 0) is 16.0 Å². The Labute approximate surface area is 170 Å². The summed E-state index contributed by atoms with van der Waals surface area (Å²) in [5.41, 5.74) is 2.68. The molecular formula is C24H26O3S. The van der Waals surface area contributed by atoms with Crippen LogP contribution in [0.5, 0.6) is 5.75 Å². The van der Waals surface area contributed by atoms with Crippen LogP contribution < -0.4 is 4.74 Å². The third-order valence-electron chi connectivity index (χ3n) is 4.85. The molecule has 0 N–H and O–H groups in total. The first-order valence-electron chi connectivity index (χ1n) is 9.68. The van der Waals surface area contributed by atoms with E-state index in [1.807, 2.05) is 6.07 Å². The molecule has 0 amide bonds. The van der Waals surface area contributed by atoms with Gasteiger partial charge in [0.05, 0.1) is 13.2 Å². The van der Waals surface area contributed by atoms with Crippen molar-refractivity contribution in [3.63, 3.8) is 0 Å². The van der Waals surface area contributed by atoms with E-state index in [0.29, 0.717) is 13.2 Å². The number of rotatable bonds is 9. The Hall–Kier alpha value is -2.59. The van der Waals surface area contributed by atoms with Crippen LogP contribution in [-0.4, -0.2) is 19.2 Å². The molecule has 0 saturated carbocycles. The monoisotopic (exact) mass is 394 g/mol. The van der Waals surface area contributed by atoms with E-state index in [9.17, 15) is 4.79 Å². The van der Waals surface area contributed by atoms with Crippen LogP contribution in [0, 0.1) is 5.92 Å². The van der Waals surface area contributed by atoms with E-state index in [2.05, 4.69) is 62.9 Å². The van der Waals surface area contributed by atoms with Gasteiger partial charge in [0.15, 0.2) is 0 Å². The lowest BCUT2D eigenvalue weighted by Gasteiger charge is -2.15. The maximum atomic E-state index is 11.2. The standard InChI is InChI=1S/C24H26O3S/c1-4-17(16-27-24(25)6-3)15-26-20-12-11-19-13-23(28-22(19)14-20)21-10-8-7-9-18(21)5-2/h6-14,17H,3-5,15-16H2,1-2H3. The first-order chi connectivity index (χ1) is 13.6. The van der Waals surface area contributed by atoms with Crippen LogP contribution in [0.4, 0.5) is 0 Å². The van der Waals surface area contributed by atoms with E-state index in [1.165, 1.54) is 32.2 Å². The van der Waals surface area contributed by atoms with Crippen LogP contribution in [0.1, 0.15) is 25.8 Å². The van der Waals surface area contributed by atoms with Gasteiger partial charge in [0.2, 0.25) is 0 Å². The molecule has 0 saturated heterocycles. The largest absolute Gasteiger partial charge is 0.493 e. The van der Waals surface area contributed by atoms with Crippen molar-refractivity contribution in [3.05, 3.63) is 66.7 Å². The molecule has 0 aliphatic carbocycles. The van der Waals surface area contributed by atoms with Gasteiger partial charge < -0.3 is 9.47 Å². The lowest BCUT2D eigenvalue weighted by Crippen LogP contribution is -2.19. The molecular weight excluding hydrogens is 368 g/mol. The zero-order valence-corrected chi connectivity index (χ0v) is 17.3. The second-order valence-corrected chi connectivity index (χ2v) is 7.82. The predicted molar refractivity (Wildman–Crippen MR) is 117 cm³/mol. The Morgan fingerprint density at radius 1 is 1.14 bits per heavy atom. The second kappa shape index (κ2) is 9.56. The van der Waals surface area contributed by atoms with E-state index in [1.54, 1.807) is 11.3 Å². The quantitative estimate of drug-likeness (QED) is 0.317. The SMILES string of the molecule is C=CC(=O)OCC(CC)COc1ccc2cc(-c3ccccc3CC)sc2c1. The highest BCUT2D eigenvalue weighted by molar-refractivity contribution is 7.22. The number of benzene rings is 2. The highest BCUT2D eigenvalue weighted by atomic mass is 32.1. The summed E-state index contributed by atoms with van der Waals surface area (Å²) in [7, 11) is 0. The van der Waals surface area contributed by atoms with Gasteiger partial charge in [-0.2, -0.15) is 0 Å². The molecule has 28 heavy (non-hydrogen) atoms. The first kappa shape index (κ1) is 20.2. The number of aryl methyl sites for hydroxylation is 1.